The van der Waals surface area contributed by atoms with Crippen molar-refractivity contribution in [3.8, 4) is 6.07 Å². The lowest BCUT2D eigenvalue weighted by atomic mass is 10.2. The summed E-state index contributed by atoms with van der Waals surface area (Å²) in [5.74, 6) is 1.07. The molecule has 0 aliphatic carbocycles. The SMILES string of the molecule is CCC/C(N)=C/C=C\N.CN(CCN1CCCC1=O)c1ccc(C#N)cn1. The third kappa shape index (κ3) is 8.27. The summed E-state index contributed by atoms with van der Waals surface area (Å²) in [6, 6.07) is 5.62. The Morgan fingerprint density at radius 3 is 2.78 bits per heavy atom. The van der Waals surface area contributed by atoms with Crippen LogP contribution in [0, 0.1) is 11.3 Å². The zero-order valence-electron chi connectivity index (χ0n) is 16.3. The highest BCUT2D eigenvalue weighted by Crippen LogP contribution is 2.12. The lowest BCUT2D eigenvalue weighted by Gasteiger charge is -2.22. The molecule has 1 aromatic heterocycles. The highest BCUT2D eigenvalue weighted by Gasteiger charge is 2.19. The molecular weight excluding hydrogens is 340 g/mol. The Balaban J connectivity index is 0.000000345. The van der Waals surface area contributed by atoms with Gasteiger partial charge in [0.15, 0.2) is 0 Å². The average molecular weight is 371 g/mol. The molecule has 0 saturated carbocycles. The summed E-state index contributed by atoms with van der Waals surface area (Å²) in [5.41, 5.74) is 12.1. The van der Waals surface area contributed by atoms with Gasteiger partial charge in [0.25, 0.3) is 0 Å². The molecule has 1 fully saturated rings. The predicted molar refractivity (Wildman–Crippen MR) is 109 cm³/mol. The molecule has 2 rings (SSSR count). The molecule has 1 aromatic rings. The summed E-state index contributed by atoms with van der Waals surface area (Å²) < 4.78 is 0. The fourth-order valence-corrected chi connectivity index (χ4v) is 2.55. The number of rotatable bonds is 7. The second-order valence-corrected chi connectivity index (χ2v) is 6.30. The van der Waals surface area contributed by atoms with Crippen LogP contribution in [0.3, 0.4) is 0 Å². The third-order valence-corrected chi connectivity index (χ3v) is 4.10. The molecular formula is C20H30N6O. The van der Waals surface area contributed by atoms with Crippen molar-refractivity contribution in [2.24, 2.45) is 11.5 Å². The van der Waals surface area contributed by atoms with Gasteiger partial charge in [-0.1, -0.05) is 13.3 Å². The van der Waals surface area contributed by atoms with Crippen molar-refractivity contribution < 1.29 is 4.79 Å². The molecule has 0 aromatic carbocycles. The Kier molecular flexibility index (Phi) is 10.1. The van der Waals surface area contributed by atoms with Crippen molar-refractivity contribution in [2.75, 3.05) is 31.6 Å². The van der Waals surface area contributed by atoms with Crippen LogP contribution >= 0.6 is 0 Å². The number of nitrogens with zero attached hydrogens (tertiary/aromatic N) is 4. The van der Waals surface area contributed by atoms with Gasteiger partial charge in [-0.3, -0.25) is 4.79 Å². The number of anilines is 1. The van der Waals surface area contributed by atoms with Crippen molar-refractivity contribution in [1.29, 1.82) is 5.26 Å². The summed E-state index contributed by atoms with van der Waals surface area (Å²) in [6.07, 6.45) is 10.3. The van der Waals surface area contributed by atoms with E-state index in [0.717, 1.165) is 50.4 Å². The van der Waals surface area contributed by atoms with Gasteiger partial charge in [0, 0.05) is 45.0 Å². The molecule has 7 nitrogen and oxygen atoms in total. The number of allylic oxidation sites excluding steroid dienone is 3. The summed E-state index contributed by atoms with van der Waals surface area (Å²) in [5, 5.41) is 8.70. The van der Waals surface area contributed by atoms with E-state index in [1.54, 1.807) is 18.3 Å². The first kappa shape index (κ1) is 22.0. The minimum Gasteiger partial charge on any atom is -0.405 e. The first-order valence-electron chi connectivity index (χ1n) is 9.19. The van der Waals surface area contributed by atoms with Gasteiger partial charge in [-0.2, -0.15) is 5.26 Å². The molecule has 146 valence electrons. The fraction of sp³-hybridized carbons (Fsp3) is 0.450. The van der Waals surface area contributed by atoms with E-state index in [1.807, 2.05) is 35.1 Å². The first-order chi connectivity index (χ1) is 13.0. The van der Waals surface area contributed by atoms with E-state index in [-0.39, 0.29) is 5.91 Å². The fourth-order valence-electron chi connectivity index (χ4n) is 2.55. The van der Waals surface area contributed by atoms with E-state index in [4.69, 9.17) is 16.7 Å². The van der Waals surface area contributed by atoms with E-state index < -0.39 is 0 Å². The van der Waals surface area contributed by atoms with Crippen LogP contribution in [-0.2, 0) is 4.79 Å². The molecule has 0 atom stereocenters. The predicted octanol–water partition coefficient (Wildman–Crippen LogP) is 2.11. The van der Waals surface area contributed by atoms with Gasteiger partial charge >= 0.3 is 0 Å². The number of nitriles is 1. The molecule has 27 heavy (non-hydrogen) atoms. The maximum atomic E-state index is 11.5. The van der Waals surface area contributed by atoms with Gasteiger partial charge in [-0.15, -0.1) is 0 Å². The van der Waals surface area contributed by atoms with E-state index in [2.05, 4.69) is 11.9 Å². The molecule has 7 heteroatoms. The molecule has 1 aliphatic heterocycles. The Labute approximate surface area is 161 Å². The maximum absolute atomic E-state index is 11.5. The molecule has 1 saturated heterocycles. The number of hydrogen-bond acceptors (Lipinski definition) is 6. The van der Waals surface area contributed by atoms with Crippen LogP contribution in [0.4, 0.5) is 5.82 Å². The quantitative estimate of drug-likeness (QED) is 0.711. The second-order valence-electron chi connectivity index (χ2n) is 6.30. The van der Waals surface area contributed by atoms with Crippen LogP contribution in [0.5, 0.6) is 0 Å². The number of pyridine rings is 1. The average Bonchev–Trinajstić information content (AvgIpc) is 3.10. The van der Waals surface area contributed by atoms with Crippen LogP contribution in [0.2, 0.25) is 0 Å². The first-order valence-corrected chi connectivity index (χ1v) is 9.19. The van der Waals surface area contributed by atoms with Crippen molar-refractivity contribution in [1.82, 2.24) is 9.88 Å². The highest BCUT2D eigenvalue weighted by atomic mass is 16.2. The summed E-state index contributed by atoms with van der Waals surface area (Å²) in [4.78, 5) is 19.6. The number of hydrogen-bond donors (Lipinski definition) is 2. The highest BCUT2D eigenvalue weighted by molar-refractivity contribution is 5.78. The van der Waals surface area contributed by atoms with Crippen LogP contribution in [0.15, 0.2) is 42.4 Å². The van der Waals surface area contributed by atoms with E-state index >= 15 is 0 Å². The number of aromatic nitrogens is 1. The number of nitrogens with two attached hydrogens (primary N) is 2. The zero-order chi connectivity index (χ0) is 20.1. The van der Waals surface area contributed by atoms with Crippen LogP contribution in [-0.4, -0.2) is 42.5 Å². The Morgan fingerprint density at radius 2 is 2.26 bits per heavy atom. The Bertz CT molecular complexity index is 675. The number of amides is 1. The molecule has 1 amide bonds. The Morgan fingerprint density at radius 1 is 1.48 bits per heavy atom. The molecule has 0 radical (unpaired) electrons. The van der Waals surface area contributed by atoms with Gasteiger partial charge in [-0.05, 0) is 43.3 Å². The van der Waals surface area contributed by atoms with E-state index in [1.165, 1.54) is 6.20 Å². The molecule has 0 unspecified atom stereocenters. The van der Waals surface area contributed by atoms with E-state index in [0.29, 0.717) is 12.0 Å². The smallest absolute Gasteiger partial charge is 0.222 e. The number of carbonyl (C=O) groups is 1. The normalized spacial score (nSPS) is 14.0. The van der Waals surface area contributed by atoms with Crippen molar-refractivity contribution in [3.63, 3.8) is 0 Å². The second kappa shape index (κ2) is 12.4. The van der Waals surface area contributed by atoms with E-state index in [9.17, 15) is 4.79 Å². The minimum atomic E-state index is 0.246. The number of likely N-dealkylation sites (tertiary alicyclic amines) is 1. The van der Waals surface area contributed by atoms with Gasteiger partial charge in [0.1, 0.15) is 11.9 Å². The van der Waals surface area contributed by atoms with Crippen molar-refractivity contribution >= 4 is 11.7 Å². The van der Waals surface area contributed by atoms with Crippen LogP contribution in [0.1, 0.15) is 38.2 Å². The largest absolute Gasteiger partial charge is 0.405 e. The molecule has 0 spiro atoms. The summed E-state index contributed by atoms with van der Waals surface area (Å²) >= 11 is 0. The summed E-state index contributed by atoms with van der Waals surface area (Å²) in [7, 11) is 1.94. The standard InChI is InChI=1S/C13H16N4O.C7H14N2/c1-16(7-8-17-6-2-3-13(17)18)12-5-4-11(9-14)10-15-12;1-2-4-7(9)5-3-6-8/h4-5,10H,2-3,6-8H2,1H3;3,5-6H,2,4,8-9H2,1H3/b;6-3-,7-5-. The van der Waals surface area contributed by atoms with Gasteiger partial charge in [-0.25, -0.2) is 4.98 Å². The molecule has 2 heterocycles. The van der Waals surface area contributed by atoms with Crippen LogP contribution < -0.4 is 16.4 Å². The minimum absolute atomic E-state index is 0.246. The number of likely N-dealkylation sites (N-methyl/N-ethyl adjacent to an activating group) is 1. The van der Waals surface area contributed by atoms with Crippen LogP contribution in [0.25, 0.3) is 0 Å². The third-order valence-electron chi connectivity index (χ3n) is 4.10. The topological polar surface area (TPSA) is 112 Å². The van der Waals surface area contributed by atoms with Gasteiger partial charge in [0.2, 0.25) is 5.91 Å². The van der Waals surface area contributed by atoms with Crippen molar-refractivity contribution in [2.45, 2.75) is 32.6 Å². The Hall–Kier alpha value is -3.01. The molecule has 0 bridgehead atoms. The lowest BCUT2D eigenvalue weighted by molar-refractivity contribution is -0.127. The van der Waals surface area contributed by atoms with Gasteiger partial charge < -0.3 is 21.3 Å². The summed E-state index contributed by atoms with van der Waals surface area (Å²) in [6.45, 7) is 4.45. The number of carbonyl (C=O) groups excluding carboxylic acids is 1. The molecule has 4 N–H and O–H groups in total. The van der Waals surface area contributed by atoms with Crippen molar-refractivity contribution in [3.05, 3.63) is 47.9 Å². The lowest BCUT2D eigenvalue weighted by Crippen LogP contribution is -2.34. The molecule has 1 aliphatic rings. The van der Waals surface area contributed by atoms with Gasteiger partial charge in [0.05, 0.1) is 5.56 Å². The zero-order valence-corrected chi connectivity index (χ0v) is 16.3. The monoisotopic (exact) mass is 370 g/mol. The maximum Gasteiger partial charge on any atom is 0.222 e.